The largest absolute Gasteiger partial charge is 0.342 e. The molecule has 20 heavy (non-hydrogen) atoms. The van der Waals surface area contributed by atoms with Crippen LogP contribution in [0.3, 0.4) is 0 Å². The Morgan fingerprint density at radius 3 is 2.50 bits per heavy atom. The standard InChI is InChI=1S/C14H25N3O2.ClH/c1-11(15)14(19)16-8-5-12(6-9-16)10-17-7-3-2-4-13(17)18;/h11-12H,2-10,15H2,1H3;1H/t11-;/m1./s1. The molecule has 0 aliphatic carbocycles. The minimum absolute atomic E-state index is 0. The molecular weight excluding hydrogens is 278 g/mol. The highest BCUT2D eigenvalue weighted by Gasteiger charge is 2.27. The van der Waals surface area contributed by atoms with Crippen molar-refractivity contribution in [1.29, 1.82) is 0 Å². The van der Waals surface area contributed by atoms with E-state index < -0.39 is 6.04 Å². The van der Waals surface area contributed by atoms with Gasteiger partial charge in [0.15, 0.2) is 0 Å². The molecule has 0 aromatic carbocycles. The molecule has 2 fully saturated rings. The normalized spacial score (nSPS) is 22.4. The fraction of sp³-hybridized carbons (Fsp3) is 0.857. The van der Waals surface area contributed by atoms with Crippen LogP contribution in [-0.2, 0) is 9.59 Å². The first-order valence-electron chi connectivity index (χ1n) is 7.40. The summed E-state index contributed by atoms with van der Waals surface area (Å²) in [5, 5.41) is 0. The highest BCUT2D eigenvalue weighted by molar-refractivity contribution is 5.85. The van der Waals surface area contributed by atoms with Gasteiger partial charge in [-0.1, -0.05) is 0 Å². The Morgan fingerprint density at radius 2 is 1.95 bits per heavy atom. The fourth-order valence-electron chi connectivity index (χ4n) is 2.99. The van der Waals surface area contributed by atoms with E-state index >= 15 is 0 Å². The first-order chi connectivity index (χ1) is 9.08. The number of nitrogens with two attached hydrogens (primary N) is 1. The lowest BCUT2D eigenvalue weighted by atomic mass is 9.95. The maximum absolute atomic E-state index is 11.8. The summed E-state index contributed by atoms with van der Waals surface area (Å²) in [5.74, 6) is 0.895. The van der Waals surface area contributed by atoms with Crippen molar-refractivity contribution in [3.05, 3.63) is 0 Å². The Bertz CT molecular complexity index is 341. The summed E-state index contributed by atoms with van der Waals surface area (Å²) < 4.78 is 0. The number of hydrogen-bond donors (Lipinski definition) is 1. The Labute approximate surface area is 127 Å². The van der Waals surface area contributed by atoms with Crippen molar-refractivity contribution in [1.82, 2.24) is 9.80 Å². The van der Waals surface area contributed by atoms with Crippen LogP contribution in [0.25, 0.3) is 0 Å². The van der Waals surface area contributed by atoms with E-state index in [9.17, 15) is 9.59 Å². The second-order valence-electron chi connectivity index (χ2n) is 5.85. The first kappa shape index (κ1) is 17.2. The van der Waals surface area contributed by atoms with Crippen molar-refractivity contribution < 1.29 is 9.59 Å². The lowest BCUT2D eigenvalue weighted by Crippen LogP contribution is -2.48. The predicted molar refractivity (Wildman–Crippen MR) is 80.6 cm³/mol. The molecule has 2 aliphatic heterocycles. The van der Waals surface area contributed by atoms with Crippen LogP contribution in [0.5, 0.6) is 0 Å². The van der Waals surface area contributed by atoms with Gasteiger partial charge in [-0.3, -0.25) is 9.59 Å². The smallest absolute Gasteiger partial charge is 0.239 e. The van der Waals surface area contributed by atoms with E-state index in [0.29, 0.717) is 18.2 Å². The molecule has 5 nitrogen and oxygen atoms in total. The zero-order valence-corrected chi connectivity index (χ0v) is 13.0. The van der Waals surface area contributed by atoms with Crippen molar-refractivity contribution in [2.45, 2.75) is 45.1 Å². The maximum atomic E-state index is 11.8. The van der Waals surface area contributed by atoms with Crippen molar-refractivity contribution in [2.24, 2.45) is 11.7 Å². The number of carbonyl (C=O) groups is 2. The molecule has 2 heterocycles. The minimum Gasteiger partial charge on any atom is -0.342 e. The van der Waals surface area contributed by atoms with E-state index in [4.69, 9.17) is 5.73 Å². The van der Waals surface area contributed by atoms with Gasteiger partial charge < -0.3 is 15.5 Å². The summed E-state index contributed by atoms with van der Waals surface area (Å²) in [7, 11) is 0. The number of rotatable bonds is 3. The van der Waals surface area contributed by atoms with Gasteiger partial charge in [0.1, 0.15) is 0 Å². The molecule has 2 saturated heterocycles. The van der Waals surface area contributed by atoms with Crippen molar-refractivity contribution in [2.75, 3.05) is 26.2 Å². The third-order valence-corrected chi connectivity index (χ3v) is 4.22. The molecular formula is C14H26ClN3O2. The Kier molecular flexibility index (Phi) is 6.76. The van der Waals surface area contributed by atoms with Gasteiger partial charge in [0.2, 0.25) is 11.8 Å². The Morgan fingerprint density at radius 1 is 1.30 bits per heavy atom. The average Bonchev–Trinajstić information content (AvgIpc) is 2.41. The summed E-state index contributed by atoms with van der Waals surface area (Å²) in [6.45, 7) is 5.10. The van der Waals surface area contributed by atoms with Crippen molar-refractivity contribution >= 4 is 24.2 Å². The van der Waals surface area contributed by atoms with Crippen LogP contribution in [-0.4, -0.2) is 53.8 Å². The van der Waals surface area contributed by atoms with Gasteiger partial charge in [0.05, 0.1) is 6.04 Å². The maximum Gasteiger partial charge on any atom is 0.239 e. The number of carbonyl (C=O) groups excluding carboxylic acids is 2. The van der Waals surface area contributed by atoms with Crippen LogP contribution in [0.4, 0.5) is 0 Å². The molecule has 0 aromatic heterocycles. The van der Waals surface area contributed by atoms with Crippen LogP contribution in [0, 0.1) is 5.92 Å². The van der Waals surface area contributed by atoms with E-state index in [1.165, 1.54) is 0 Å². The van der Waals surface area contributed by atoms with E-state index in [0.717, 1.165) is 51.9 Å². The third kappa shape index (κ3) is 4.35. The van der Waals surface area contributed by atoms with Crippen molar-refractivity contribution in [3.63, 3.8) is 0 Å². The van der Waals surface area contributed by atoms with Gasteiger partial charge in [-0.05, 0) is 38.5 Å². The van der Waals surface area contributed by atoms with Gasteiger partial charge in [-0.25, -0.2) is 0 Å². The number of hydrogen-bond acceptors (Lipinski definition) is 3. The van der Waals surface area contributed by atoms with Crippen LogP contribution in [0.1, 0.15) is 39.0 Å². The molecule has 0 bridgehead atoms. The summed E-state index contributed by atoms with van der Waals surface area (Å²) in [5.41, 5.74) is 5.62. The summed E-state index contributed by atoms with van der Waals surface area (Å²) in [6, 6.07) is -0.403. The zero-order chi connectivity index (χ0) is 13.8. The minimum atomic E-state index is -0.403. The SMILES string of the molecule is C[C@@H](N)C(=O)N1CCC(CN2CCCCC2=O)CC1.Cl. The van der Waals surface area contributed by atoms with Crippen LogP contribution in [0.15, 0.2) is 0 Å². The van der Waals surface area contributed by atoms with Gasteiger partial charge >= 0.3 is 0 Å². The van der Waals surface area contributed by atoms with Gasteiger partial charge in [-0.2, -0.15) is 0 Å². The van der Waals surface area contributed by atoms with Crippen LogP contribution < -0.4 is 5.73 Å². The van der Waals surface area contributed by atoms with Crippen molar-refractivity contribution in [3.8, 4) is 0 Å². The highest BCUT2D eigenvalue weighted by Crippen LogP contribution is 2.21. The van der Waals surface area contributed by atoms with E-state index in [-0.39, 0.29) is 18.3 Å². The fourth-order valence-corrected chi connectivity index (χ4v) is 2.99. The molecule has 2 N–H and O–H groups in total. The second kappa shape index (κ2) is 7.84. The molecule has 2 aliphatic rings. The molecule has 0 spiro atoms. The zero-order valence-electron chi connectivity index (χ0n) is 12.2. The van der Waals surface area contributed by atoms with E-state index in [1.54, 1.807) is 6.92 Å². The number of halogens is 1. The lowest BCUT2D eigenvalue weighted by Gasteiger charge is -2.36. The second-order valence-corrected chi connectivity index (χ2v) is 5.85. The molecule has 2 amide bonds. The average molecular weight is 304 g/mol. The van der Waals surface area contributed by atoms with Crippen LogP contribution in [0.2, 0.25) is 0 Å². The van der Waals surface area contributed by atoms with Gasteiger partial charge in [0, 0.05) is 32.6 Å². The molecule has 0 unspecified atom stereocenters. The molecule has 116 valence electrons. The third-order valence-electron chi connectivity index (χ3n) is 4.22. The van der Waals surface area contributed by atoms with E-state index in [1.807, 2.05) is 9.80 Å². The number of nitrogens with zero attached hydrogens (tertiary/aromatic N) is 2. The van der Waals surface area contributed by atoms with E-state index in [2.05, 4.69) is 0 Å². The first-order valence-corrected chi connectivity index (χ1v) is 7.40. The summed E-state index contributed by atoms with van der Waals surface area (Å²) >= 11 is 0. The quantitative estimate of drug-likeness (QED) is 0.846. The number of likely N-dealkylation sites (tertiary alicyclic amines) is 2. The Hall–Kier alpha value is -0.810. The molecule has 0 aromatic rings. The highest BCUT2D eigenvalue weighted by atomic mass is 35.5. The molecule has 6 heteroatoms. The Balaban J connectivity index is 0.00000200. The monoisotopic (exact) mass is 303 g/mol. The number of amides is 2. The molecule has 0 saturated carbocycles. The molecule has 0 radical (unpaired) electrons. The predicted octanol–water partition coefficient (Wildman–Crippen LogP) is 1.01. The van der Waals surface area contributed by atoms with Crippen LogP contribution >= 0.6 is 12.4 Å². The summed E-state index contributed by atoms with van der Waals surface area (Å²) in [4.78, 5) is 27.4. The topological polar surface area (TPSA) is 66.6 Å². The van der Waals surface area contributed by atoms with Gasteiger partial charge in [-0.15, -0.1) is 12.4 Å². The number of piperidine rings is 2. The van der Waals surface area contributed by atoms with Gasteiger partial charge in [0.25, 0.3) is 0 Å². The molecule has 2 rings (SSSR count). The summed E-state index contributed by atoms with van der Waals surface area (Å²) in [6.07, 6.45) is 4.86. The molecule has 1 atom stereocenters. The lowest BCUT2D eigenvalue weighted by molar-refractivity contribution is -0.136.